The van der Waals surface area contributed by atoms with Gasteiger partial charge in [-0.05, 0) is 78.9 Å². The summed E-state index contributed by atoms with van der Waals surface area (Å²) in [6.45, 7) is 2.25. The predicted molar refractivity (Wildman–Crippen MR) is 152 cm³/mol. The van der Waals surface area contributed by atoms with Crippen LogP contribution < -0.4 is 4.74 Å². The Bertz CT molecular complexity index is 1370. The SMILES string of the molecule is CC/C(=C\c1cccc(O)c1)CC[C@H]1OB(O)C[C@H]2C1=C(COc1ccccc1)C[C@H]1C(=O)N(C(=O)OC)C(=O)[C@H]12. The van der Waals surface area contributed by atoms with Crippen molar-refractivity contribution in [3.8, 4) is 11.5 Å². The molecule has 0 spiro atoms. The molecule has 9 nitrogen and oxygen atoms in total. The molecule has 214 valence electrons. The van der Waals surface area contributed by atoms with Gasteiger partial charge >= 0.3 is 13.2 Å². The molecule has 2 N–H and O–H groups in total. The number of carbonyl (C=O) groups is 3. The van der Waals surface area contributed by atoms with Crippen LogP contribution in [0.15, 0.2) is 71.3 Å². The van der Waals surface area contributed by atoms with Crippen molar-refractivity contribution in [1.82, 2.24) is 4.90 Å². The van der Waals surface area contributed by atoms with Gasteiger partial charge in [0.05, 0.1) is 25.0 Å². The molecule has 2 aromatic carbocycles. The van der Waals surface area contributed by atoms with Gasteiger partial charge in [0.1, 0.15) is 18.1 Å². The predicted octanol–water partition coefficient (Wildman–Crippen LogP) is 4.61. The summed E-state index contributed by atoms with van der Waals surface area (Å²) in [6.07, 6.45) is 2.89. The summed E-state index contributed by atoms with van der Waals surface area (Å²) in [5, 5.41) is 20.6. The number of methoxy groups -OCH3 is 1. The number of carbonyl (C=O) groups excluding carboxylic acids is 3. The number of imide groups is 3. The van der Waals surface area contributed by atoms with Crippen LogP contribution in [0.2, 0.25) is 6.32 Å². The van der Waals surface area contributed by atoms with Gasteiger partial charge in [0.2, 0.25) is 11.8 Å². The molecule has 0 saturated carbocycles. The molecule has 5 rings (SSSR count). The molecule has 2 aromatic rings. The molecule has 41 heavy (non-hydrogen) atoms. The standard InChI is InChI=1S/C31H34BNO8/c1-3-19(14-20-8-7-9-22(34)15-20)12-13-26-27-21(18-40-23-10-5-4-6-11-23)16-24-28(25(27)17-32(38)41-26)30(36)33(29(24)35)31(37)39-2/h4-11,14-15,24-26,28,34,38H,3,12-13,16-18H2,1-2H3/b19-14+/t24-,25+,26-,28-/m1/s1. The maximum atomic E-state index is 13.4. The van der Waals surface area contributed by atoms with Crippen molar-refractivity contribution in [3.05, 3.63) is 76.9 Å². The first-order valence-corrected chi connectivity index (χ1v) is 14.0. The van der Waals surface area contributed by atoms with Gasteiger partial charge in [0.25, 0.3) is 0 Å². The second kappa shape index (κ2) is 12.3. The minimum Gasteiger partial charge on any atom is -0.508 e. The molecule has 3 amide bonds. The highest BCUT2D eigenvalue weighted by atomic mass is 16.5. The Morgan fingerprint density at radius 3 is 2.61 bits per heavy atom. The lowest BCUT2D eigenvalue weighted by molar-refractivity contribution is -0.137. The smallest absolute Gasteiger partial charge is 0.455 e. The lowest BCUT2D eigenvalue weighted by atomic mass is 9.58. The summed E-state index contributed by atoms with van der Waals surface area (Å²) in [7, 11) is 0.0105. The van der Waals surface area contributed by atoms with Crippen molar-refractivity contribution < 1.29 is 38.6 Å². The maximum absolute atomic E-state index is 13.4. The summed E-state index contributed by atoms with van der Waals surface area (Å²) in [4.78, 5) is 39.7. The van der Waals surface area contributed by atoms with Crippen molar-refractivity contribution in [2.24, 2.45) is 17.8 Å². The van der Waals surface area contributed by atoms with Gasteiger partial charge in [-0.15, -0.1) is 0 Å². The molecule has 0 unspecified atom stereocenters. The second-order valence-corrected chi connectivity index (χ2v) is 10.7. The third-order valence-electron chi connectivity index (χ3n) is 8.24. The second-order valence-electron chi connectivity index (χ2n) is 10.7. The number of phenols is 1. The topological polar surface area (TPSA) is 123 Å². The molecule has 10 heteroatoms. The molecule has 2 heterocycles. The number of nitrogens with zero attached hydrogens (tertiary/aromatic N) is 1. The number of ether oxygens (including phenoxy) is 2. The van der Waals surface area contributed by atoms with E-state index in [-0.39, 0.29) is 25.1 Å². The zero-order valence-electron chi connectivity index (χ0n) is 23.2. The van der Waals surface area contributed by atoms with Gasteiger partial charge in [-0.3, -0.25) is 9.59 Å². The van der Waals surface area contributed by atoms with Crippen LogP contribution in [0.4, 0.5) is 4.79 Å². The quantitative estimate of drug-likeness (QED) is 0.273. The number of likely N-dealkylation sites (tertiary alicyclic amines) is 1. The van der Waals surface area contributed by atoms with Gasteiger partial charge in [0.15, 0.2) is 0 Å². The highest BCUT2D eigenvalue weighted by Crippen LogP contribution is 2.50. The molecular formula is C31H34BNO8. The van der Waals surface area contributed by atoms with Crippen LogP contribution in [-0.2, 0) is 19.0 Å². The first-order valence-electron chi connectivity index (χ1n) is 14.0. The maximum Gasteiger partial charge on any atom is 0.455 e. The average Bonchev–Trinajstić information content (AvgIpc) is 3.22. The first kappa shape index (κ1) is 28.6. The van der Waals surface area contributed by atoms with Gasteiger partial charge in [-0.1, -0.05) is 48.9 Å². The molecule has 2 aliphatic heterocycles. The van der Waals surface area contributed by atoms with E-state index in [0.29, 0.717) is 23.5 Å². The highest BCUT2D eigenvalue weighted by molar-refractivity contribution is 6.43. The number of aromatic hydroxyl groups is 1. The fourth-order valence-electron chi connectivity index (χ4n) is 6.37. The van der Waals surface area contributed by atoms with Crippen LogP contribution in [0.25, 0.3) is 6.08 Å². The van der Waals surface area contributed by atoms with Gasteiger partial charge < -0.3 is 24.3 Å². The molecule has 2 fully saturated rings. The summed E-state index contributed by atoms with van der Waals surface area (Å²) >= 11 is 0. The number of hydrogen-bond donors (Lipinski definition) is 2. The largest absolute Gasteiger partial charge is 0.508 e. The minimum absolute atomic E-state index is 0.135. The Balaban J connectivity index is 1.47. The van der Waals surface area contributed by atoms with E-state index in [1.165, 1.54) is 0 Å². The van der Waals surface area contributed by atoms with Crippen molar-refractivity contribution in [1.29, 1.82) is 0 Å². The Kier molecular flexibility index (Phi) is 8.61. The number of fused-ring (bicyclic) bond motifs is 3. The average molecular weight is 559 g/mol. The van der Waals surface area contributed by atoms with Gasteiger partial charge in [-0.2, -0.15) is 4.90 Å². The zero-order valence-corrected chi connectivity index (χ0v) is 23.2. The lowest BCUT2D eigenvalue weighted by Crippen LogP contribution is -2.46. The van der Waals surface area contributed by atoms with E-state index in [1.807, 2.05) is 42.5 Å². The fraction of sp³-hybridized carbons (Fsp3) is 0.387. The van der Waals surface area contributed by atoms with E-state index >= 15 is 0 Å². The van der Waals surface area contributed by atoms with Crippen LogP contribution in [0.5, 0.6) is 11.5 Å². The first-order chi connectivity index (χ1) is 19.8. The molecule has 2 saturated heterocycles. The summed E-state index contributed by atoms with van der Waals surface area (Å²) in [6, 6.07) is 16.4. The van der Waals surface area contributed by atoms with E-state index in [0.717, 1.165) is 35.8 Å². The van der Waals surface area contributed by atoms with Gasteiger partial charge in [0, 0.05) is 0 Å². The van der Waals surface area contributed by atoms with Crippen molar-refractivity contribution in [2.75, 3.05) is 13.7 Å². The number of hydrogen-bond acceptors (Lipinski definition) is 8. The number of amides is 3. The Hall–Kier alpha value is -3.89. The van der Waals surface area contributed by atoms with Crippen molar-refractivity contribution in [2.45, 2.75) is 45.0 Å². The Morgan fingerprint density at radius 2 is 1.90 bits per heavy atom. The molecule has 0 radical (unpaired) electrons. The van der Waals surface area contributed by atoms with Crippen LogP contribution in [0.1, 0.15) is 38.2 Å². The van der Waals surface area contributed by atoms with E-state index in [1.54, 1.807) is 18.2 Å². The van der Waals surface area contributed by atoms with E-state index in [9.17, 15) is 24.5 Å². The number of para-hydroxylation sites is 1. The minimum atomic E-state index is -1.13. The highest BCUT2D eigenvalue weighted by Gasteiger charge is 2.59. The summed E-state index contributed by atoms with van der Waals surface area (Å²) in [5.41, 5.74) is 3.74. The molecular weight excluding hydrogens is 525 g/mol. The van der Waals surface area contributed by atoms with E-state index in [2.05, 4.69) is 6.92 Å². The Labute approximate surface area is 239 Å². The van der Waals surface area contributed by atoms with E-state index in [4.69, 9.17) is 14.1 Å². The van der Waals surface area contributed by atoms with Gasteiger partial charge in [-0.25, -0.2) is 4.79 Å². The molecule has 3 aliphatic rings. The van der Waals surface area contributed by atoms with Crippen LogP contribution in [-0.4, -0.2) is 59.9 Å². The zero-order chi connectivity index (χ0) is 29.1. The lowest BCUT2D eigenvalue weighted by Gasteiger charge is -2.43. The third-order valence-corrected chi connectivity index (χ3v) is 8.24. The monoisotopic (exact) mass is 559 g/mol. The fourth-order valence-corrected chi connectivity index (χ4v) is 6.37. The number of allylic oxidation sites excluding steroid dienone is 1. The molecule has 0 bridgehead atoms. The molecule has 1 aliphatic carbocycles. The van der Waals surface area contributed by atoms with Crippen LogP contribution in [0, 0.1) is 17.8 Å². The molecule has 0 aromatic heterocycles. The third kappa shape index (κ3) is 5.94. The van der Waals surface area contributed by atoms with Crippen molar-refractivity contribution in [3.63, 3.8) is 0 Å². The Morgan fingerprint density at radius 1 is 1.12 bits per heavy atom. The summed E-state index contributed by atoms with van der Waals surface area (Å²) in [5.74, 6) is -2.33. The van der Waals surface area contributed by atoms with Crippen molar-refractivity contribution >= 4 is 31.1 Å². The van der Waals surface area contributed by atoms with Crippen LogP contribution >= 0.6 is 0 Å². The number of rotatable bonds is 8. The van der Waals surface area contributed by atoms with Crippen LogP contribution in [0.3, 0.4) is 0 Å². The summed E-state index contributed by atoms with van der Waals surface area (Å²) < 4.78 is 16.9. The number of phenolic OH excluding ortho intramolecular Hbond substituents is 1. The van der Waals surface area contributed by atoms with E-state index < -0.39 is 48.9 Å². The molecule has 4 atom stereocenters. The normalized spacial score (nSPS) is 24.3. The number of benzene rings is 2.